The third-order valence-corrected chi connectivity index (χ3v) is 2.55. The van der Waals surface area contributed by atoms with Crippen LogP contribution in [0.4, 0.5) is 13.2 Å². The van der Waals surface area contributed by atoms with E-state index in [0.29, 0.717) is 12.1 Å². The van der Waals surface area contributed by atoms with Crippen LogP contribution in [-0.4, -0.2) is 23.8 Å². The molecule has 5 heteroatoms. The van der Waals surface area contributed by atoms with Crippen LogP contribution >= 0.6 is 11.6 Å². The SMILES string of the molecule is FC(F)(F)C1=CC(CCl)=NC2CC12. The van der Waals surface area contributed by atoms with Gasteiger partial charge in [0, 0.05) is 11.5 Å². The predicted molar refractivity (Wildman–Crippen MR) is 44.2 cm³/mol. The normalized spacial score (nSPS) is 32.0. The van der Waals surface area contributed by atoms with Crippen molar-refractivity contribution in [3.63, 3.8) is 0 Å². The lowest BCUT2D eigenvalue weighted by atomic mass is 10.1. The molecule has 1 fully saturated rings. The predicted octanol–water partition coefficient (Wildman–Crippen LogP) is 2.56. The molecule has 0 bridgehead atoms. The van der Waals surface area contributed by atoms with Crippen molar-refractivity contribution in [2.75, 3.05) is 5.88 Å². The second-order valence-electron chi connectivity index (χ2n) is 3.26. The third-order valence-electron chi connectivity index (χ3n) is 2.27. The van der Waals surface area contributed by atoms with Crippen molar-refractivity contribution in [3.8, 4) is 0 Å². The minimum atomic E-state index is -4.22. The topological polar surface area (TPSA) is 12.4 Å². The van der Waals surface area contributed by atoms with E-state index < -0.39 is 17.7 Å². The van der Waals surface area contributed by atoms with Crippen molar-refractivity contribution >= 4 is 17.3 Å². The van der Waals surface area contributed by atoms with Crippen LogP contribution in [-0.2, 0) is 0 Å². The maximum absolute atomic E-state index is 12.4. The van der Waals surface area contributed by atoms with E-state index in [1.807, 2.05) is 0 Å². The molecule has 1 aliphatic heterocycles. The molecule has 0 aromatic carbocycles. The minimum Gasteiger partial charge on any atom is -0.285 e. The van der Waals surface area contributed by atoms with Gasteiger partial charge in [-0.2, -0.15) is 13.2 Å². The molecule has 72 valence electrons. The molecular formula is C8H7ClF3N. The first-order chi connectivity index (χ1) is 6.02. The fraction of sp³-hybridized carbons (Fsp3) is 0.625. The molecule has 1 saturated carbocycles. The number of allylic oxidation sites excluding steroid dienone is 1. The smallest absolute Gasteiger partial charge is 0.285 e. The number of halogens is 4. The van der Waals surface area contributed by atoms with E-state index in [1.54, 1.807) is 0 Å². The van der Waals surface area contributed by atoms with Crippen LogP contribution in [0.15, 0.2) is 16.6 Å². The highest BCUT2D eigenvalue weighted by Gasteiger charge is 2.51. The maximum Gasteiger partial charge on any atom is 0.413 e. The van der Waals surface area contributed by atoms with Gasteiger partial charge in [-0.15, -0.1) is 11.6 Å². The van der Waals surface area contributed by atoms with Crippen molar-refractivity contribution in [1.29, 1.82) is 0 Å². The van der Waals surface area contributed by atoms with Gasteiger partial charge in [0.05, 0.1) is 17.6 Å². The number of dihydropyridines is 1. The Morgan fingerprint density at radius 1 is 1.54 bits per heavy atom. The Morgan fingerprint density at radius 2 is 2.23 bits per heavy atom. The molecule has 0 amide bonds. The molecule has 1 nitrogen and oxygen atoms in total. The van der Waals surface area contributed by atoms with Crippen LogP contribution in [0.5, 0.6) is 0 Å². The second kappa shape index (κ2) is 2.74. The van der Waals surface area contributed by atoms with Gasteiger partial charge >= 0.3 is 6.18 Å². The molecule has 0 N–H and O–H groups in total. The van der Waals surface area contributed by atoms with E-state index in [2.05, 4.69) is 4.99 Å². The summed E-state index contributed by atoms with van der Waals surface area (Å²) in [4.78, 5) is 4.05. The van der Waals surface area contributed by atoms with Crippen LogP contribution in [0.25, 0.3) is 0 Å². The van der Waals surface area contributed by atoms with Gasteiger partial charge in [0.2, 0.25) is 0 Å². The van der Waals surface area contributed by atoms with Crippen LogP contribution in [0, 0.1) is 5.92 Å². The molecule has 2 rings (SSSR count). The number of hydrogen-bond donors (Lipinski definition) is 0. The fourth-order valence-electron chi connectivity index (χ4n) is 1.56. The first kappa shape index (κ1) is 9.06. The van der Waals surface area contributed by atoms with Crippen LogP contribution in [0.3, 0.4) is 0 Å². The Hall–Kier alpha value is -0.510. The van der Waals surface area contributed by atoms with E-state index in [1.165, 1.54) is 0 Å². The fourth-order valence-corrected chi connectivity index (χ4v) is 1.71. The summed E-state index contributed by atoms with van der Waals surface area (Å²) in [6.07, 6.45) is -2.61. The first-order valence-corrected chi connectivity index (χ1v) is 4.47. The minimum absolute atomic E-state index is 0.0583. The first-order valence-electron chi connectivity index (χ1n) is 3.94. The third kappa shape index (κ3) is 1.59. The van der Waals surface area contributed by atoms with E-state index in [0.717, 1.165) is 6.08 Å². The van der Waals surface area contributed by atoms with E-state index in [-0.39, 0.29) is 11.9 Å². The number of alkyl halides is 4. The monoisotopic (exact) mass is 209 g/mol. The molecule has 1 heterocycles. The molecule has 2 unspecified atom stereocenters. The van der Waals surface area contributed by atoms with Gasteiger partial charge in [0.15, 0.2) is 0 Å². The standard InChI is InChI=1S/C8H7ClF3N/c9-3-4-1-6(8(10,11)12)5-2-7(5)13-4/h1,5,7H,2-3H2. The summed E-state index contributed by atoms with van der Waals surface area (Å²) < 4.78 is 37.1. The van der Waals surface area contributed by atoms with Crippen LogP contribution in [0.2, 0.25) is 0 Å². The number of aliphatic imine (C=N–C) groups is 1. The summed E-state index contributed by atoms with van der Waals surface area (Å²) in [6, 6.07) is -0.157. The number of hydrogen-bond acceptors (Lipinski definition) is 1. The maximum atomic E-state index is 12.4. The average molecular weight is 210 g/mol. The second-order valence-corrected chi connectivity index (χ2v) is 3.53. The summed E-state index contributed by atoms with van der Waals surface area (Å²) in [5.41, 5.74) is -0.101. The largest absolute Gasteiger partial charge is 0.413 e. The highest BCUT2D eigenvalue weighted by Crippen LogP contribution is 2.48. The zero-order valence-corrected chi connectivity index (χ0v) is 7.36. The number of rotatable bonds is 1. The van der Waals surface area contributed by atoms with Gasteiger partial charge in [-0.05, 0) is 12.5 Å². The Balaban J connectivity index is 2.28. The van der Waals surface area contributed by atoms with Crippen molar-refractivity contribution in [1.82, 2.24) is 0 Å². The lowest BCUT2D eigenvalue weighted by molar-refractivity contribution is -0.0956. The molecular weight excluding hydrogens is 203 g/mol. The van der Waals surface area contributed by atoms with Gasteiger partial charge in [-0.25, -0.2) is 0 Å². The summed E-state index contributed by atoms with van der Waals surface area (Å²) in [5.74, 6) is -0.338. The van der Waals surface area contributed by atoms with Gasteiger partial charge in [0.25, 0.3) is 0 Å². The van der Waals surface area contributed by atoms with Gasteiger partial charge in [-0.1, -0.05) is 0 Å². The lowest BCUT2D eigenvalue weighted by Gasteiger charge is -2.14. The molecule has 0 aromatic rings. The van der Waals surface area contributed by atoms with Gasteiger partial charge in [0.1, 0.15) is 0 Å². The van der Waals surface area contributed by atoms with Gasteiger partial charge < -0.3 is 0 Å². The number of fused-ring (bicyclic) bond motifs is 1. The Labute approximate surface area is 78.3 Å². The van der Waals surface area contributed by atoms with Crippen molar-refractivity contribution in [2.45, 2.75) is 18.6 Å². The molecule has 0 saturated heterocycles. The van der Waals surface area contributed by atoms with Gasteiger partial charge in [-0.3, -0.25) is 4.99 Å². The zero-order valence-electron chi connectivity index (χ0n) is 6.61. The molecule has 2 atom stereocenters. The quantitative estimate of drug-likeness (QED) is 0.589. The molecule has 1 aliphatic carbocycles. The molecule has 13 heavy (non-hydrogen) atoms. The van der Waals surface area contributed by atoms with Crippen LogP contribution < -0.4 is 0 Å². The van der Waals surface area contributed by atoms with Crippen molar-refractivity contribution in [3.05, 3.63) is 11.6 Å². The Bertz CT molecular complexity index is 292. The van der Waals surface area contributed by atoms with E-state index >= 15 is 0 Å². The van der Waals surface area contributed by atoms with E-state index in [9.17, 15) is 13.2 Å². The highest BCUT2D eigenvalue weighted by molar-refractivity contribution is 6.30. The highest BCUT2D eigenvalue weighted by atomic mass is 35.5. The van der Waals surface area contributed by atoms with Crippen molar-refractivity contribution in [2.24, 2.45) is 10.9 Å². The average Bonchev–Trinajstić information content (AvgIpc) is 2.78. The molecule has 0 radical (unpaired) electrons. The summed E-state index contributed by atoms with van der Waals surface area (Å²) in [7, 11) is 0. The number of nitrogens with zero attached hydrogens (tertiary/aromatic N) is 1. The molecule has 0 aromatic heterocycles. The summed E-state index contributed by atoms with van der Waals surface area (Å²) in [5, 5.41) is 0. The van der Waals surface area contributed by atoms with E-state index in [4.69, 9.17) is 11.6 Å². The zero-order chi connectivity index (χ0) is 9.64. The molecule has 2 aliphatic rings. The van der Waals surface area contributed by atoms with Crippen molar-refractivity contribution < 1.29 is 13.2 Å². The van der Waals surface area contributed by atoms with Crippen LogP contribution in [0.1, 0.15) is 6.42 Å². The Morgan fingerprint density at radius 3 is 2.77 bits per heavy atom. The lowest BCUT2D eigenvalue weighted by Crippen LogP contribution is -2.19. The molecule has 0 spiro atoms. The summed E-state index contributed by atoms with van der Waals surface area (Å²) in [6.45, 7) is 0. The summed E-state index contributed by atoms with van der Waals surface area (Å²) >= 11 is 5.44. The Kier molecular flexibility index (Phi) is 1.91.